The number of nitrogens with one attached hydrogen (secondary N) is 1. The fourth-order valence-corrected chi connectivity index (χ4v) is 3.24. The maximum Gasteiger partial charge on any atom is 0.272 e. The SMILES string of the molecule is Cc1cc(F)cc(C)c1C(=O)Nc1cccc(C(=O)N2CCN(C)CC2)n1. The molecule has 1 aliphatic heterocycles. The molecule has 2 amide bonds. The van der Waals surface area contributed by atoms with Crippen LogP contribution in [0.4, 0.5) is 10.2 Å². The summed E-state index contributed by atoms with van der Waals surface area (Å²) in [6.07, 6.45) is 0. The number of piperazine rings is 1. The second-order valence-corrected chi connectivity index (χ2v) is 6.87. The molecule has 1 aliphatic rings. The Bertz CT molecular complexity index is 853. The number of anilines is 1. The summed E-state index contributed by atoms with van der Waals surface area (Å²) < 4.78 is 13.5. The monoisotopic (exact) mass is 370 g/mol. The van der Waals surface area contributed by atoms with Gasteiger partial charge in [0, 0.05) is 31.7 Å². The van der Waals surface area contributed by atoms with E-state index in [0.717, 1.165) is 13.1 Å². The summed E-state index contributed by atoms with van der Waals surface area (Å²) >= 11 is 0. The number of hydrogen-bond donors (Lipinski definition) is 1. The van der Waals surface area contributed by atoms with Gasteiger partial charge in [0.05, 0.1) is 0 Å². The van der Waals surface area contributed by atoms with Crippen LogP contribution >= 0.6 is 0 Å². The van der Waals surface area contributed by atoms with Gasteiger partial charge in [-0.15, -0.1) is 0 Å². The fourth-order valence-electron chi connectivity index (χ4n) is 3.24. The lowest BCUT2D eigenvalue weighted by atomic mass is 10.0. The van der Waals surface area contributed by atoms with Crippen LogP contribution in [0, 0.1) is 19.7 Å². The van der Waals surface area contributed by atoms with Crippen LogP contribution in [0.25, 0.3) is 0 Å². The topological polar surface area (TPSA) is 65.5 Å². The highest BCUT2D eigenvalue weighted by atomic mass is 19.1. The summed E-state index contributed by atoms with van der Waals surface area (Å²) in [7, 11) is 2.02. The van der Waals surface area contributed by atoms with E-state index in [2.05, 4.69) is 15.2 Å². The van der Waals surface area contributed by atoms with E-state index in [-0.39, 0.29) is 17.6 Å². The molecule has 0 bridgehead atoms. The average molecular weight is 370 g/mol. The number of pyridine rings is 1. The smallest absolute Gasteiger partial charge is 0.272 e. The van der Waals surface area contributed by atoms with Crippen LogP contribution in [0.5, 0.6) is 0 Å². The first-order valence-corrected chi connectivity index (χ1v) is 8.88. The van der Waals surface area contributed by atoms with Gasteiger partial charge in [0.2, 0.25) is 0 Å². The Morgan fingerprint density at radius 2 is 1.70 bits per heavy atom. The molecule has 27 heavy (non-hydrogen) atoms. The van der Waals surface area contributed by atoms with Crippen molar-refractivity contribution in [1.82, 2.24) is 14.8 Å². The molecule has 1 N–H and O–H groups in total. The van der Waals surface area contributed by atoms with Gasteiger partial charge in [-0.1, -0.05) is 6.07 Å². The zero-order valence-electron chi connectivity index (χ0n) is 15.8. The Morgan fingerprint density at radius 1 is 1.07 bits per heavy atom. The third-order valence-corrected chi connectivity index (χ3v) is 4.72. The van der Waals surface area contributed by atoms with Gasteiger partial charge in [-0.25, -0.2) is 9.37 Å². The molecule has 0 spiro atoms. The van der Waals surface area contributed by atoms with E-state index >= 15 is 0 Å². The van der Waals surface area contributed by atoms with Gasteiger partial charge in [-0.2, -0.15) is 0 Å². The van der Waals surface area contributed by atoms with Crippen molar-refractivity contribution in [2.24, 2.45) is 0 Å². The van der Waals surface area contributed by atoms with E-state index in [1.807, 2.05) is 7.05 Å². The zero-order valence-corrected chi connectivity index (χ0v) is 15.8. The van der Waals surface area contributed by atoms with Crippen molar-refractivity contribution in [3.8, 4) is 0 Å². The molecule has 1 aromatic carbocycles. The Labute approximate surface area is 158 Å². The third kappa shape index (κ3) is 4.31. The van der Waals surface area contributed by atoms with Crippen LogP contribution in [-0.4, -0.2) is 59.8 Å². The van der Waals surface area contributed by atoms with Crippen molar-refractivity contribution in [3.63, 3.8) is 0 Å². The predicted octanol–water partition coefficient (Wildman–Crippen LogP) is 2.48. The normalized spacial score (nSPS) is 14.9. The molecule has 6 nitrogen and oxygen atoms in total. The summed E-state index contributed by atoms with van der Waals surface area (Å²) in [4.78, 5) is 33.5. The second kappa shape index (κ2) is 7.84. The molecule has 0 saturated carbocycles. The fraction of sp³-hybridized carbons (Fsp3) is 0.350. The molecule has 0 aliphatic carbocycles. The number of aryl methyl sites for hydroxylation is 2. The first kappa shape index (κ1) is 19.0. The van der Waals surface area contributed by atoms with Gasteiger partial charge in [-0.05, 0) is 56.3 Å². The molecule has 2 aromatic rings. The second-order valence-electron chi connectivity index (χ2n) is 6.87. The van der Waals surface area contributed by atoms with Crippen molar-refractivity contribution in [1.29, 1.82) is 0 Å². The third-order valence-electron chi connectivity index (χ3n) is 4.72. The Balaban J connectivity index is 1.76. The van der Waals surface area contributed by atoms with Crippen LogP contribution in [0.15, 0.2) is 30.3 Å². The van der Waals surface area contributed by atoms with E-state index < -0.39 is 0 Å². The van der Waals surface area contributed by atoms with Crippen LogP contribution < -0.4 is 5.32 Å². The Morgan fingerprint density at radius 3 is 2.33 bits per heavy atom. The highest BCUT2D eigenvalue weighted by Crippen LogP contribution is 2.18. The first-order chi connectivity index (χ1) is 12.8. The molecule has 0 radical (unpaired) electrons. The lowest BCUT2D eigenvalue weighted by Gasteiger charge is -2.32. The summed E-state index contributed by atoms with van der Waals surface area (Å²) in [5, 5.41) is 2.71. The van der Waals surface area contributed by atoms with Gasteiger partial charge in [0.15, 0.2) is 0 Å². The molecule has 142 valence electrons. The predicted molar refractivity (Wildman–Crippen MR) is 101 cm³/mol. The van der Waals surface area contributed by atoms with Crippen molar-refractivity contribution < 1.29 is 14.0 Å². The maximum absolute atomic E-state index is 13.5. The van der Waals surface area contributed by atoms with Crippen molar-refractivity contribution in [2.45, 2.75) is 13.8 Å². The van der Waals surface area contributed by atoms with Gasteiger partial charge in [0.1, 0.15) is 17.3 Å². The van der Waals surface area contributed by atoms with Gasteiger partial charge < -0.3 is 15.1 Å². The van der Waals surface area contributed by atoms with Crippen LogP contribution in [-0.2, 0) is 0 Å². The van der Waals surface area contributed by atoms with Crippen LogP contribution in [0.1, 0.15) is 32.0 Å². The number of carbonyl (C=O) groups is 2. The van der Waals surface area contributed by atoms with E-state index in [0.29, 0.717) is 41.3 Å². The number of aromatic nitrogens is 1. The molecule has 1 saturated heterocycles. The van der Waals surface area contributed by atoms with Crippen LogP contribution in [0.2, 0.25) is 0 Å². The molecule has 1 aromatic heterocycles. The minimum absolute atomic E-state index is 0.145. The van der Waals surface area contributed by atoms with Crippen molar-refractivity contribution in [3.05, 3.63) is 58.5 Å². The molecular formula is C20H23FN4O2. The summed E-state index contributed by atoms with van der Waals surface area (Å²) in [5.41, 5.74) is 1.81. The maximum atomic E-state index is 13.5. The molecular weight excluding hydrogens is 347 g/mol. The van der Waals surface area contributed by atoms with E-state index in [1.165, 1.54) is 12.1 Å². The number of nitrogens with zero attached hydrogens (tertiary/aromatic N) is 3. The molecule has 1 fully saturated rings. The molecule has 7 heteroatoms. The number of benzene rings is 1. The first-order valence-electron chi connectivity index (χ1n) is 8.88. The van der Waals surface area contributed by atoms with Gasteiger partial charge in [0.25, 0.3) is 11.8 Å². The molecule has 3 rings (SSSR count). The quantitative estimate of drug-likeness (QED) is 0.902. The van der Waals surface area contributed by atoms with Crippen molar-refractivity contribution in [2.75, 3.05) is 38.5 Å². The highest BCUT2D eigenvalue weighted by molar-refractivity contribution is 6.06. The number of amides is 2. The molecule has 2 heterocycles. The van der Waals surface area contributed by atoms with Gasteiger partial charge in [-0.3, -0.25) is 9.59 Å². The van der Waals surface area contributed by atoms with E-state index in [4.69, 9.17) is 0 Å². The minimum atomic E-state index is -0.376. The number of likely N-dealkylation sites (N-methyl/N-ethyl adjacent to an activating group) is 1. The highest BCUT2D eigenvalue weighted by Gasteiger charge is 2.22. The lowest BCUT2D eigenvalue weighted by Crippen LogP contribution is -2.47. The number of carbonyl (C=O) groups excluding carboxylic acids is 2. The van der Waals surface area contributed by atoms with Crippen molar-refractivity contribution >= 4 is 17.6 Å². The number of rotatable bonds is 3. The number of halogens is 1. The number of hydrogen-bond acceptors (Lipinski definition) is 4. The van der Waals surface area contributed by atoms with E-state index in [1.54, 1.807) is 36.9 Å². The molecule has 0 atom stereocenters. The largest absolute Gasteiger partial charge is 0.335 e. The minimum Gasteiger partial charge on any atom is -0.335 e. The summed E-state index contributed by atoms with van der Waals surface area (Å²) in [5.74, 6) is -0.599. The standard InChI is InChI=1S/C20H23FN4O2/c1-13-11-15(21)12-14(2)18(13)19(26)23-17-6-4-5-16(22-17)20(27)25-9-7-24(3)8-10-25/h4-6,11-12H,7-10H2,1-3H3,(H,22,23,26). The van der Waals surface area contributed by atoms with Crippen LogP contribution in [0.3, 0.4) is 0 Å². The molecule has 0 unspecified atom stereocenters. The Kier molecular flexibility index (Phi) is 5.51. The average Bonchev–Trinajstić information content (AvgIpc) is 2.61. The summed E-state index contributed by atoms with van der Waals surface area (Å²) in [6.45, 7) is 6.33. The Hall–Kier alpha value is -2.80. The zero-order chi connectivity index (χ0) is 19.6. The lowest BCUT2D eigenvalue weighted by molar-refractivity contribution is 0.0658. The van der Waals surface area contributed by atoms with E-state index in [9.17, 15) is 14.0 Å². The summed E-state index contributed by atoms with van der Waals surface area (Å²) in [6, 6.07) is 7.61. The van der Waals surface area contributed by atoms with Gasteiger partial charge >= 0.3 is 0 Å².